The fourth-order valence-corrected chi connectivity index (χ4v) is 1.56. The second-order valence-corrected chi connectivity index (χ2v) is 5.34. The molecule has 1 atom stereocenters. The van der Waals surface area contributed by atoms with Crippen LogP contribution in [0.25, 0.3) is 0 Å². The van der Waals surface area contributed by atoms with Gasteiger partial charge in [-0.15, -0.1) is 0 Å². The molecule has 0 radical (unpaired) electrons. The molecule has 0 aromatic heterocycles. The van der Waals surface area contributed by atoms with E-state index in [2.05, 4.69) is 13.8 Å². The lowest BCUT2D eigenvalue weighted by Crippen LogP contribution is -2.14. The van der Waals surface area contributed by atoms with Gasteiger partial charge in [-0.2, -0.15) is 0 Å². The van der Waals surface area contributed by atoms with E-state index >= 15 is 0 Å². The maximum absolute atomic E-state index is 11.7. The first kappa shape index (κ1) is 23.7. The van der Waals surface area contributed by atoms with Crippen molar-refractivity contribution in [3.8, 4) is 0 Å². The molecule has 0 aliphatic heterocycles. The Morgan fingerprint density at radius 1 is 0.583 bits per heavy atom. The summed E-state index contributed by atoms with van der Waals surface area (Å²) in [5.74, 6) is 0.605. The van der Waals surface area contributed by atoms with Crippen LogP contribution in [0, 0.1) is 5.92 Å². The molecule has 0 saturated carbocycles. The molecular formula is C17H35FO6. The van der Waals surface area contributed by atoms with Gasteiger partial charge in [0.1, 0.15) is 6.67 Å². The third-order valence-electron chi connectivity index (χ3n) is 3.18. The Labute approximate surface area is 145 Å². The minimum absolute atomic E-state index is 0.131. The molecule has 0 bridgehead atoms. The van der Waals surface area contributed by atoms with Crippen molar-refractivity contribution in [1.82, 2.24) is 0 Å². The maximum atomic E-state index is 11.7. The average molecular weight is 354 g/mol. The minimum atomic E-state index is -0.458. The second kappa shape index (κ2) is 20.7. The van der Waals surface area contributed by atoms with Gasteiger partial charge >= 0.3 is 0 Å². The molecule has 0 aromatic carbocycles. The summed E-state index contributed by atoms with van der Waals surface area (Å²) >= 11 is 0. The van der Waals surface area contributed by atoms with Crippen molar-refractivity contribution in [3.63, 3.8) is 0 Å². The predicted molar refractivity (Wildman–Crippen MR) is 90.3 cm³/mol. The molecule has 0 spiro atoms. The Kier molecular flexibility index (Phi) is 20.5. The highest BCUT2D eigenvalue weighted by atomic mass is 19.1. The van der Waals surface area contributed by atoms with Gasteiger partial charge < -0.3 is 28.4 Å². The lowest BCUT2D eigenvalue weighted by Gasteiger charge is -2.10. The van der Waals surface area contributed by atoms with Gasteiger partial charge in [-0.05, 0) is 5.92 Å². The predicted octanol–water partition coefficient (Wildman–Crippen LogP) is 2.10. The largest absolute Gasteiger partial charge is 0.379 e. The molecular weight excluding hydrogens is 319 g/mol. The second-order valence-electron chi connectivity index (χ2n) is 5.34. The molecule has 0 aromatic rings. The number of rotatable bonds is 20. The first-order valence-electron chi connectivity index (χ1n) is 8.83. The van der Waals surface area contributed by atoms with Crippen LogP contribution in [0.3, 0.4) is 0 Å². The number of halogens is 1. The summed E-state index contributed by atoms with van der Waals surface area (Å²) < 4.78 is 43.5. The monoisotopic (exact) mass is 354 g/mol. The van der Waals surface area contributed by atoms with E-state index in [-0.39, 0.29) is 6.61 Å². The molecule has 0 saturated heterocycles. The van der Waals surface area contributed by atoms with Gasteiger partial charge in [0.2, 0.25) is 0 Å². The third kappa shape index (κ3) is 19.7. The van der Waals surface area contributed by atoms with Gasteiger partial charge in [-0.3, -0.25) is 0 Å². The van der Waals surface area contributed by atoms with Gasteiger partial charge in [0, 0.05) is 6.61 Å². The fraction of sp³-hybridized carbons (Fsp3) is 1.00. The van der Waals surface area contributed by atoms with E-state index in [1.54, 1.807) is 0 Å². The van der Waals surface area contributed by atoms with Crippen LogP contribution < -0.4 is 0 Å². The Morgan fingerprint density at radius 2 is 0.917 bits per heavy atom. The molecule has 1 unspecified atom stereocenters. The van der Waals surface area contributed by atoms with Crippen molar-refractivity contribution in [2.24, 2.45) is 5.92 Å². The topological polar surface area (TPSA) is 55.4 Å². The van der Waals surface area contributed by atoms with Crippen molar-refractivity contribution >= 4 is 0 Å². The Bertz CT molecular complexity index is 233. The standard InChI is InChI=1S/C17H35FO6/c1-3-17(2)16-24-15-14-23-13-12-22-11-10-21-9-8-20-7-6-19-5-4-18/h17H,3-16H2,1-2H3. The molecule has 0 aliphatic rings. The Hall–Kier alpha value is -0.310. The normalized spacial score (nSPS) is 12.6. The first-order valence-corrected chi connectivity index (χ1v) is 8.83. The van der Waals surface area contributed by atoms with Crippen LogP contribution >= 0.6 is 0 Å². The molecule has 0 heterocycles. The van der Waals surface area contributed by atoms with Crippen LogP contribution in [0.5, 0.6) is 0 Å². The van der Waals surface area contributed by atoms with Crippen molar-refractivity contribution in [1.29, 1.82) is 0 Å². The van der Waals surface area contributed by atoms with Crippen LogP contribution in [-0.4, -0.2) is 86.0 Å². The van der Waals surface area contributed by atoms with Gasteiger partial charge in [0.25, 0.3) is 0 Å². The Balaban J connectivity index is 2.98. The highest BCUT2D eigenvalue weighted by molar-refractivity contribution is 4.45. The lowest BCUT2D eigenvalue weighted by atomic mass is 10.1. The summed E-state index contributed by atoms with van der Waals surface area (Å²) in [4.78, 5) is 0. The van der Waals surface area contributed by atoms with E-state index in [1.165, 1.54) is 0 Å². The molecule has 0 rings (SSSR count). The number of hydrogen-bond acceptors (Lipinski definition) is 6. The molecule has 0 aliphatic carbocycles. The van der Waals surface area contributed by atoms with Crippen molar-refractivity contribution in [2.45, 2.75) is 20.3 Å². The van der Waals surface area contributed by atoms with Crippen molar-refractivity contribution in [3.05, 3.63) is 0 Å². The number of alkyl halides is 1. The number of ether oxygens (including phenoxy) is 6. The highest BCUT2D eigenvalue weighted by Crippen LogP contribution is 1.99. The van der Waals surface area contributed by atoms with Gasteiger partial charge in [-0.1, -0.05) is 20.3 Å². The minimum Gasteiger partial charge on any atom is -0.379 e. The van der Waals surface area contributed by atoms with Crippen LogP contribution in [0.15, 0.2) is 0 Å². The van der Waals surface area contributed by atoms with E-state index in [4.69, 9.17) is 28.4 Å². The zero-order valence-electron chi connectivity index (χ0n) is 15.3. The molecule has 24 heavy (non-hydrogen) atoms. The SMILES string of the molecule is CCC(C)COCCOCCOCCOCCOCCOCCF. The summed E-state index contributed by atoms with van der Waals surface area (Å²) in [6.07, 6.45) is 1.14. The van der Waals surface area contributed by atoms with Crippen LogP contribution in [0.2, 0.25) is 0 Å². The molecule has 146 valence electrons. The quantitative estimate of drug-likeness (QED) is 0.312. The summed E-state index contributed by atoms with van der Waals surface area (Å²) in [7, 11) is 0. The maximum Gasteiger partial charge on any atom is 0.113 e. The van der Waals surface area contributed by atoms with E-state index in [0.717, 1.165) is 13.0 Å². The lowest BCUT2D eigenvalue weighted by molar-refractivity contribution is -0.0185. The molecule has 6 nitrogen and oxygen atoms in total. The zero-order chi connectivity index (χ0) is 17.7. The van der Waals surface area contributed by atoms with E-state index in [0.29, 0.717) is 72.0 Å². The van der Waals surface area contributed by atoms with Crippen LogP contribution in [-0.2, 0) is 28.4 Å². The van der Waals surface area contributed by atoms with E-state index in [9.17, 15) is 4.39 Å². The average Bonchev–Trinajstić information content (AvgIpc) is 2.60. The third-order valence-corrected chi connectivity index (χ3v) is 3.18. The first-order chi connectivity index (χ1) is 11.8. The zero-order valence-corrected chi connectivity index (χ0v) is 15.3. The van der Waals surface area contributed by atoms with Gasteiger partial charge in [0.15, 0.2) is 0 Å². The molecule has 0 amide bonds. The van der Waals surface area contributed by atoms with E-state index < -0.39 is 6.67 Å². The van der Waals surface area contributed by atoms with Crippen molar-refractivity contribution in [2.75, 3.05) is 86.0 Å². The fourth-order valence-electron chi connectivity index (χ4n) is 1.56. The highest BCUT2D eigenvalue weighted by Gasteiger charge is 1.98. The Morgan fingerprint density at radius 3 is 1.25 bits per heavy atom. The molecule has 0 fully saturated rings. The summed E-state index contributed by atoms with van der Waals surface area (Å²) in [5, 5.41) is 0. The molecule has 7 heteroatoms. The van der Waals surface area contributed by atoms with Crippen molar-refractivity contribution < 1.29 is 32.8 Å². The van der Waals surface area contributed by atoms with E-state index in [1.807, 2.05) is 0 Å². The summed E-state index contributed by atoms with van der Waals surface area (Å²) in [6, 6.07) is 0. The smallest absolute Gasteiger partial charge is 0.113 e. The van der Waals surface area contributed by atoms with Crippen LogP contribution in [0.1, 0.15) is 20.3 Å². The number of hydrogen-bond donors (Lipinski definition) is 0. The van der Waals surface area contributed by atoms with Crippen LogP contribution in [0.4, 0.5) is 4.39 Å². The molecule has 0 N–H and O–H groups in total. The van der Waals surface area contributed by atoms with Gasteiger partial charge in [0.05, 0.1) is 72.7 Å². The van der Waals surface area contributed by atoms with Gasteiger partial charge in [-0.25, -0.2) is 4.39 Å². The summed E-state index contributed by atoms with van der Waals surface area (Å²) in [6.45, 7) is 10.1. The summed E-state index contributed by atoms with van der Waals surface area (Å²) in [5.41, 5.74) is 0.